The molecular weight excluding hydrogens is 383 g/mol. The normalized spacial score (nSPS) is 13.2. The summed E-state index contributed by atoms with van der Waals surface area (Å²) in [4.78, 5) is 17.6. The first-order valence-electron chi connectivity index (χ1n) is 7.60. The van der Waals surface area contributed by atoms with E-state index in [-0.39, 0.29) is 12.0 Å². The summed E-state index contributed by atoms with van der Waals surface area (Å²) >= 11 is 17.4. The monoisotopic (exact) mass is 396 g/mol. The molecule has 3 aromatic rings. The van der Waals surface area contributed by atoms with Gasteiger partial charge in [0.05, 0.1) is 16.6 Å². The molecule has 0 aliphatic heterocycles. The van der Waals surface area contributed by atoms with E-state index >= 15 is 0 Å². The van der Waals surface area contributed by atoms with Gasteiger partial charge in [-0.05, 0) is 30.7 Å². The van der Waals surface area contributed by atoms with E-state index in [4.69, 9.17) is 34.8 Å². The lowest BCUT2D eigenvalue weighted by atomic mass is 10.1. The Balaban J connectivity index is 2.29. The van der Waals surface area contributed by atoms with Gasteiger partial charge >= 0.3 is 0 Å². The number of para-hydroxylation sites is 2. The summed E-state index contributed by atoms with van der Waals surface area (Å²) in [6.07, 6.45) is -1.38. The van der Waals surface area contributed by atoms with Gasteiger partial charge in [0.15, 0.2) is 0 Å². The Kier molecular flexibility index (Phi) is 5.07. The Morgan fingerprint density at radius 1 is 1.12 bits per heavy atom. The van der Waals surface area contributed by atoms with Gasteiger partial charge < -0.3 is 5.11 Å². The maximum absolute atomic E-state index is 13.1. The third kappa shape index (κ3) is 3.67. The Labute approximate surface area is 159 Å². The highest BCUT2D eigenvalue weighted by Gasteiger charge is 2.32. The lowest BCUT2D eigenvalue weighted by Gasteiger charge is -2.21. The molecule has 25 heavy (non-hydrogen) atoms. The number of aromatic nitrogens is 2. The zero-order chi connectivity index (χ0) is 18.2. The number of benzene rings is 2. The zero-order valence-electron chi connectivity index (χ0n) is 13.3. The van der Waals surface area contributed by atoms with E-state index in [1.165, 1.54) is 4.57 Å². The molecule has 0 aliphatic carbocycles. The van der Waals surface area contributed by atoms with E-state index in [1.807, 2.05) is 31.2 Å². The summed E-state index contributed by atoms with van der Waals surface area (Å²) in [7, 11) is 0. The fourth-order valence-corrected chi connectivity index (χ4v) is 2.90. The first-order valence-corrected chi connectivity index (χ1v) is 8.74. The molecule has 1 atom stereocenters. The second-order valence-electron chi connectivity index (χ2n) is 5.73. The second kappa shape index (κ2) is 6.96. The van der Waals surface area contributed by atoms with Crippen molar-refractivity contribution >= 4 is 45.7 Å². The summed E-state index contributed by atoms with van der Waals surface area (Å²) in [5, 5.41) is 10.7. The largest absolute Gasteiger partial charge is 0.388 e. The lowest BCUT2D eigenvalue weighted by molar-refractivity contribution is 0.176. The van der Waals surface area contributed by atoms with Crippen molar-refractivity contribution in [3.05, 3.63) is 70.3 Å². The van der Waals surface area contributed by atoms with Crippen molar-refractivity contribution in [2.75, 3.05) is 0 Å². The van der Waals surface area contributed by atoms with Crippen LogP contribution in [0.1, 0.15) is 11.4 Å². The van der Waals surface area contributed by atoms with Gasteiger partial charge in [0, 0.05) is 6.42 Å². The Morgan fingerprint density at radius 3 is 2.44 bits per heavy atom. The number of aliphatic hydroxyl groups excluding tert-OH is 1. The topological polar surface area (TPSA) is 55.1 Å². The van der Waals surface area contributed by atoms with Crippen LogP contribution in [0.25, 0.3) is 16.6 Å². The molecule has 0 saturated carbocycles. The summed E-state index contributed by atoms with van der Waals surface area (Å²) < 4.78 is -0.406. The molecule has 0 saturated heterocycles. The molecule has 0 spiro atoms. The molecule has 0 radical (unpaired) electrons. The van der Waals surface area contributed by atoms with Crippen molar-refractivity contribution in [3.8, 4) is 5.69 Å². The molecular formula is C18H15Cl3N2O2. The van der Waals surface area contributed by atoms with Crippen LogP contribution in [-0.2, 0) is 6.42 Å². The zero-order valence-corrected chi connectivity index (χ0v) is 15.6. The fourth-order valence-electron chi connectivity index (χ4n) is 2.67. The van der Waals surface area contributed by atoms with Crippen molar-refractivity contribution in [2.24, 2.45) is 0 Å². The fraction of sp³-hybridized carbons (Fsp3) is 0.222. The van der Waals surface area contributed by atoms with Crippen molar-refractivity contribution in [3.63, 3.8) is 0 Å². The van der Waals surface area contributed by atoms with Gasteiger partial charge in [-0.3, -0.25) is 9.36 Å². The number of nitrogens with zero attached hydrogens (tertiary/aromatic N) is 2. The van der Waals surface area contributed by atoms with Gasteiger partial charge in [-0.25, -0.2) is 4.98 Å². The van der Waals surface area contributed by atoms with Crippen LogP contribution < -0.4 is 5.56 Å². The minimum absolute atomic E-state index is 0.0785. The van der Waals surface area contributed by atoms with E-state index < -0.39 is 9.90 Å². The summed E-state index contributed by atoms with van der Waals surface area (Å²) in [5.41, 5.74) is 1.87. The van der Waals surface area contributed by atoms with Crippen LogP contribution in [0.15, 0.2) is 53.3 Å². The molecule has 0 aliphatic rings. The number of aliphatic hydroxyl groups is 1. The Bertz CT molecular complexity index is 980. The third-order valence-corrected chi connectivity index (χ3v) is 4.71. The van der Waals surface area contributed by atoms with E-state index in [2.05, 4.69) is 4.98 Å². The SMILES string of the molecule is Cc1ccccc1-n1c(CC(O)C(Cl)(Cl)Cl)nc2ccccc2c1=O. The first kappa shape index (κ1) is 18.2. The predicted molar refractivity (Wildman–Crippen MR) is 102 cm³/mol. The molecule has 1 aromatic heterocycles. The maximum Gasteiger partial charge on any atom is 0.265 e. The lowest BCUT2D eigenvalue weighted by Crippen LogP contribution is -2.32. The van der Waals surface area contributed by atoms with Gasteiger partial charge in [-0.1, -0.05) is 65.1 Å². The second-order valence-corrected chi connectivity index (χ2v) is 8.10. The number of fused-ring (bicyclic) bond motifs is 1. The quantitative estimate of drug-likeness (QED) is 0.680. The van der Waals surface area contributed by atoms with Crippen molar-refractivity contribution in [2.45, 2.75) is 23.2 Å². The van der Waals surface area contributed by atoms with E-state index in [1.54, 1.807) is 24.3 Å². The Morgan fingerprint density at radius 2 is 1.76 bits per heavy atom. The first-order chi connectivity index (χ1) is 11.8. The van der Waals surface area contributed by atoms with Crippen molar-refractivity contribution in [1.29, 1.82) is 0 Å². The van der Waals surface area contributed by atoms with Crippen LogP contribution >= 0.6 is 34.8 Å². The molecule has 4 nitrogen and oxygen atoms in total. The van der Waals surface area contributed by atoms with Crippen LogP contribution in [0, 0.1) is 6.92 Å². The molecule has 7 heteroatoms. The standard InChI is InChI=1S/C18H15Cl3N2O2/c1-11-6-2-5-9-14(11)23-16(10-15(24)18(19,20)21)22-13-8-4-3-7-12(13)17(23)25/h2-9,15,24H,10H2,1H3. The van der Waals surface area contributed by atoms with Crippen molar-refractivity contribution in [1.82, 2.24) is 9.55 Å². The molecule has 0 bridgehead atoms. The summed E-state index contributed by atoms with van der Waals surface area (Å²) in [6.45, 7) is 1.89. The summed E-state index contributed by atoms with van der Waals surface area (Å²) in [6, 6.07) is 14.5. The number of hydrogen-bond donors (Lipinski definition) is 1. The predicted octanol–water partition coefficient (Wildman–Crippen LogP) is 3.97. The number of rotatable bonds is 3. The highest BCUT2D eigenvalue weighted by molar-refractivity contribution is 6.68. The van der Waals surface area contributed by atoms with E-state index in [0.29, 0.717) is 22.4 Å². The van der Waals surface area contributed by atoms with Gasteiger partial charge in [0.1, 0.15) is 11.9 Å². The van der Waals surface area contributed by atoms with Gasteiger partial charge in [-0.2, -0.15) is 0 Å². The van der Waals surface area contributed by atoms with Gasteiger partial charge in [0.25, 0.3) is 5.56 Å². The number of halogens is 3. The number of alkyl halides is 3. The molecule has 1 heterocycles. The molecule has 2 aromatic carbocycles. The molecule has 1 N–H and O–H groups in total. The molecule has 1 unspecified atom stereocenters. The van der Waals surface area contributed by atoms with Crippen LogP contribution in [0.2, 0.25) is 0 Å². The van der Waals surface area contributed by atoms with Crippen molar-refractivity contribution < 1.29 is 5.11 Å². The minimum Gasteiger partial charge on any atom is -0.388 e. The van der Waals surface area contributed by atoms with Crippen LogP contribution in [0.4, 0.5) is 0 Å². The third-order valence-electron chi connectivity index (χ3n) is 3.96. The van der Waals surface area contributed by atoms with Crippen LogP contribution in [0.5, 0.6) is 0 Å². The average Bonchev–Trinajstić information content (AvgIpc) is 2.55. The van der Waals surface area contributed by atoms with Gasteiger partial charge in [0.2, 0.25) is 3.79 Å². The average molecular weight is 398 g/mol. The minimum atomic E-state index is -1.88. The highest BCUT2D eigenvalue weighted by Crippen LogP contribution is 2.32. The number of aryl methyl sites for hydroxylation is 1. The molecule has 0 fully saturated rings. The van der Waals surface area contributed by atoms with E-state index in [9.17, 15) is 9.90 Å². The molecule has 0 amide bonds. The van der Waals surface area contributed by atoms with Crippen LogP contribution in [0.3, 0.4) is 0 Å². The van der Waals surface area contributed by atoms with E-state index in [0.717, 1.165) is 5.56 Å². The van der Waals surface area contributed by atoms with Crippen LogP contribution in [-0.4, -0.2) is 24.6 Å². The molecule has 3 rings (SSSR count). The highest BCUT2D eigenvalue weighted by atomic mass is 35.6. The Hall–Kier alpha value is -1.59. The smallest absolute Gasteiger partial charge is 0.265 e. The molecule has 130 valence electrons. The maximum atomic E-state index is 13.1. The number of hydrogen-bond acceptors (Lipinski definition) is 3. The van der Waals surface area contributed by atoms with Gasteiger partial charge in [-0.15, -0.1) is 0 Å². The summed E-state index contributed by atoms with van der Waals surface area (Å²) in [5.74, 6) is 0.330.